The van der Waals surface area contributed by atoms with Crippen LogP contribution in [0.3, 0.4) is 0 Å². The van der Waals surface area contributed by atoms with Gasteiger partial charge in [-0.3, -0.25) is 4.79 Å². The second-order valence-electron chi connectivity index (χ2n) is 5.78. The Bertz CT molecular complexity index is 767. The van der Waals surface area contributed by atoms with E-state index in [1.807, 2.05) is 0 Å². The first-order valence-electron chi connectivity index (χ1n) is 7.75. The first-order chi connectivity index (χ1) is 11.5. The SMILES string of the molecule is Cc1noc(C2CCN(C(=O)/C=C/c3cc(Br)ccc3F)CC2)n1. The highest BCUT2D eigenvalue weighted by molar-refractivity contribution is 9.10. The summed E-state index contributed by atoms with van der Waals surface area (Å²) < 4.78 is 19.7. The van der Waals surface area contributed by atoms with Gasteiger partial charge in [-0.1, -0.05) is 21.1 Å². The van der Waals surface area contributed by atoms with Crippen molar-refractivity contribution in [3.63, 3.8) is 0 Å². The van der Waals surface area contributed by atoms with Crippen LogP contribution >= 0.6 is 15.9 Å². The number of piperidine rings is 1. The number of carbonyl (C=O) groups is 1. The van der Waals surface area contributed by atoms with Crippen LogP contribution in [0.15, 0.2) is 33.3 Å². The molecular weight excluding hydrogens is 377 g/mol. The van der Waals surface area contributed by atoms with Gasteiger partial charge in [0.15, 0.2) is 5.82 Å². The highest BCUT2D eigenvalue weighted by atomic mass is 79.9. The van der Waals surface area contributed by atoms with E-state index in [1.54, 1.807) is 24.0 Å². The van der Waals surface area contributed by atoms with E-state index in [4.69, 9.17) is 4.52 Å². The largest absolute Gasteiger partial charge is 0.339 e. The number of benzene rings is 1. The van der Waals surface area contributed by atoms with Gasteiger partial charge < -0.3 is 9.42 Å². The van der Waals surface area contributed by atoms with E-state index in [-0.39, 0.29) is 17.6 Å². The fraction of sp³-hybridized carbons (Fsp3) is 0.353. The number of aromatic nitrogens is 2. The van der Waals surface area contributed by atoms with E-state index in [1.165, 1.54) is 18.2 Å². The fourth-order valence-corrected chi connectivity index (χ4v) is 3.11. The number of hydrogen-bond acceptors (Lipinski definition) is 4. The quantitative estimate of drug-likeness (QED) is 0.745. The van der Waals surface area contributed by atoms with Crippen LogP contribution < -0.4 is 0 Å². The van der Waals surface area contributed by atoms with Gasteiger partial charge >= 0.3 is 0 Å². The zero-order valence-corrected chi connectivity index (χ0v) is 14.8. The molecule has 3 rings (SSSR count). The summed E-state index contributed by atoms with van der Waals surface area (Å²) in [5, 5.41) is 3.81. The molecular formula is C17H17BrFN3O2. The molecule has 5 nitrogen and oxygen atoms in total. The number of likely N-dealkylation sites (tertiary alicyclic amines) is 1. The number of carbonyl (C=O) groups excluding carboxylic acids is 1. The lowest BCUT2D eigenvalue weighted by Crippen LogP contribution is -2.36. The second kappa shape index (κ2) is 7.25. The van der Waals surface area contributed by atoms with Crippen molar-refractivity contribution < 1.29 is 13.7 Å². The van der Waals surface area contributed by atoms with Crippen molar-refractivity contribution in [2.45, 2.75) is 25.7 Å². The van der Waals surface area contributed by atoms with Gasteiger partial charge in [0.2, 0.25) is 11.8 Å². The summed E-state index contributed by atoms with van der Waals surface area (Å²) in [6.07, 6.45) is 4.50. The van der Waals surface area contributed by atoms with Crippen molar-refractivity contribution >= 4 is 27.9 Å². The Kier molecular flexibility index (Phi) is 5.08. The molecule has 24 heavy (non-hydrogen) atoms. The second-order valence-corrected chi connectivity index (χ2v) is 6.69. The molecule has 0 unspecified atom stereocenters. The van der Waals surface area contributed by atoms with Crippen molar-refractivity contribution in [1.82, 2.24) is 15.0 Å². The molecule has 7 heteroatoms. The topological polar surface area (TPSA) is 59.2 Å². The lowest BCUT2D eigenvalue weighted by atomic mass is 9.96. The number of rotatable bonds is 3. The van der Waals surface area contributed by atoms with E-state index >= 15 is 0 Å². The number of nitrogens with zero attached hydrogens (tertiary/aromatic N) is 3. The molecule has 0 N–H and O–H groups in total. The van der Waals surface area contributed by atoms with Crippen molar-refractivity contribution in [2.75, 3.05) is 13.1 Å². The molecule has 2 heterocycles. The molecule has 1 amide bonds. The van der Waals surface area contributed by atoms with Crippen LogP contribution in [0.5, 0.6) is 0 Å². The standard InChI is InChI=1S/C17H17BrFN3O2/c1-11-20-17(24-21-11)12-6-8-22(9-7-12)16(23)5-2-13-10-14(18)3-4-15(13)19/h2-5,10,12H,6-9H2,1H3/b5-2+. The smallest absolute Gasteiger partial charge is 0.246 e. The molecule has 0 spiro atoms. The number of hydrogen-bond donors (Lipinski definition) is 0. The first-order valence-corrected chi connectivity index (χ1v) is 8.54. The molecule has 1 aliphatic heterocycles. The molecule has 1 aromatic heterocycles. The molecule has 1 fully saturated rings. The van der Waals surface area contributed by atoms with Crippen LogP contribution in [0.25, 0.3) is 6.08 Å². The molecule has 0 aliphatic carbocycles. The maximum Gasteiger partial charge on any atom is 0.246 e. The molecule has 1 saturated heterocycles. The summed E-state index contributed by atoms with van der Waals surface area (Å²) in [5.74, 6) is 0.998. The van der Waals surface area contributed by atoms with Crippen molar-refractivity contribution in [3.05, 3.63) is 51.8 Å². The lowest BCUT2D eigenvalue weighted by molar-refractivity contribution is -0.127. The number of aryl methyl sites for hydroxylation is 1. The normalized spacial score (nSPS) is 16.0. The van der Waals surface area contributed by atoms with Gasteiger partial charge in [0, 0.05) is 35.1 Å². The first kappa shape index (κ1) is 16.8. The maximum atomic E-state index is 13.7. The third-order valence-electron chi connectivity index (χ3n) is 4.06. The summed E-state index contributed by atoms with van der Waals surface area (Å²) in [6, 6.07) is 4.63. The number of amides is 1. The molecule has 2 aromatic rings. The van der Waals surface area contributed by atoms with Gasteiger partial charge in [0.25, 0.3) is 0 Å². The molecule has 126 valence electrons. The minimum absolute atomic E-state index is 0.116. The van der Waals surface area contributed by atoms with Gasteiger partial charge in [-0.25, -0.2) is 4.39 Å². The Balaban J connectivity index is 1.59. The average Bonchev–Trinajstić information content (AvgIpc) is 3.02. The van der Waals surface area contributed by atoms with Crippen LogP contribution in [0, 0.1) is 12.7 Å². The Morgan fingerprint density at radius 2 is 2.17 bits per heavy atom. The third kappa shape index (κ3) is 3.90. The Labute approximate surface area is 147 Å². The van der Waals surface area contributed by atoms with E-state index in [0.29, 0.717) is 30.4 Å². The zero-order valence-electron chi connectivity index (χ0n) is 13.2. The summed E-state index contributed by atoms with van der Waals surface area (Å²) in [5.41, 5.74) is 0.383. The predicted molar refractivity (Wildman–Crippen MR) is 90.7 cm³/mol. The van der Waals surface area contributed by atoms with Gasteiger partial charge in [-0.2, -0.15) is 4.98 Å². The van der Waals surface area contributed by atoms with E-state index in [9.17, 15) is 9.18 Å². The summed E-state index contributed by atoms with van der Waals surface area (Å²) in [6.45, 7) is 3.03. The van der Waals surface area contributed by atoms with Gasteiger partial charge in [-0.05, 0) is 44.0 Å². The van der Waals surface area contributed by atoms with Gasteiger partial charge in [0.1, 0.15) is 5.82 Å². The molecule has 0 radical (unpaired) electrons. The molecule has 1 aromatic carbocycles. The van der Waals surface area contributed by atoms with Crippen LogP contribution in [0.4, 0.5) is 4.39 Å². The molecule has 0 atom stereocenters. The predicted octanol–water partition coefficient (Wildman–Crippen LogP) is 3.70. The minimum Gasteiger partial charge on any atom is -0.339 e. The molecule has 1 aliphatic rings. The minimum atomic E-state index is -0.354. The monoisotopic (exact) mass is 393 g/mol. The Morgan fingerprint density at radius 3 is 2.83 bits per heavy atom. The van der Waals surface area contributed by atoms with Gasteiger partial charge in [-0.15, -0.1) is 0 Å². The maximum absolute atomic E-state index is 13.7. The van der Waals surface area contributed by atoms with Crippen LogP contribution in [-0.2, 0) is 4.79 Å². The van der Waals surface area contributed by atoms with Gasteiger partial charge in [0.05, 0.1) is 0 Å². The van der Waals surface area contributed by atoms with E-state index in [0.717, 1.165) is 17.3 Å². The zero-order chi connectivity index (χ0) is 17.1. The summed E-state index contributed by atoms with van der Waals surface area (Å²) >= 11 is 3.29. The summed E-state index contributed by atoms with van der Waals surface area (Å²) in [4.78, 5) is 18.3. The van der Waals surface area contributed by atoms with Crippen LogP contribution in [0.2, 0.25) is 0 Å². The van der Waals surface area contributed by atoms with Crippen molar-refractivity contribution in [2.24, 2.45) is 0 Å². The highest BCUT2D eigenvalue weighted by Gasteiger charge is 2.26. The molecule has 0 bridgehead atoms. The average molecular weight is 394 g/mol. The Hall–Kier alpha value is -2.02. The van der Waals surface area contributed by atoms with E-state index in [2.05, 4.69) is 26.1 Å². The fourth-order valence-electron chi connectivity index (χ4n) is 2.73. The van der Waals surface area contributed by atoms with Crippen molar-refractivity contribution in [3.8, 4) is 0 Å². The molecule has 0 saturated carbocycles. The van der Waals surface area contributed by atoms with Crippen LogP contribution in [0.1, 0.15) is 36.0 Å². The summed E-state index contributed by atoms with van der Waals surface area (Å²) in [7, 11) is 0. The number of halogens is 2. The lowest BCUT2D eigenvalue weighted by Gasteiger charge is -2.29. The third-order valence-corrected chi connectivity index (χ3v) is 4.56. The Morgan fingerprint density at radius 1 is 1.42 bits per heavy atom. The van der Waals surface area contributed by atoms with Crippen LogP contribution in [-0.4, -0.2) is 34.0 Å². The highest BCUT2D eigenvalue weighted by Crippen LogP contribution is 2.27. The van der Waals surface area contributed by atoms with E-state index < -0.39 is 0 Å². The van der Waals surface area contributed by atoms with Crippen molar-refractivity contribution in [1.29, 1.82) is 0 Å².